The van der Waals surface area contributed by atoms with Gasteiger partial charge in [0.1, 0.15) is 16.8 Å². The van der Waals surface area contributed by atoms with Crippen LogP contribution in [0.5, 0.6) is 0 Å². The molecule has 6 heteroatoms. The first-order valence-corrected chi connectivity index (χ1v) is 6.49. The first-order chi connectivity index (χ1) is 8.58. The van der Waals surface area contributed by atoms with Gasteiger partial charge in [-0.15, -0.1) is 0 Å². The average Bonchev–Trinajstić information content (AvgIpc) is 2.34. The summed E-state index contributed by atoms with van der Waals surface area (Å²) in [6.07, 6.45) is 1.14. The Kier molecular flexibility index (Phi) is 5.85. The summed E-state index contributed by atoms with van der Waals surface area (Å²) in [5.41, 5.74) is 0.810. The third-order valence-corrected chi connectivity index (χ3v) is 2.84. The van der Waals surface area contributed by atoms with Gasteiger partial charge in [-0.1, -0.05) is 18.5 Å². The molecule has 0 aromatic carbocycles. The monoisotopic (exact) mass is 270 g/mol. The van der Waals surface area contributed by atoms with Crippen molar-refractivity contribution in [1.29, 1.82) is 0 Å². The van der Waals surface area contributed by atoms with Gasteiger partial charge in [-0.05, 0) is 13.8 Å². The summed E-state index contributed by atoms with van der Waals surface area (Å²) >= 11 is 6.02. The van der Waals surface area contributed by atoms with E-state index in [1.807, 2.05) is 20.8 Å². The molecule has 1 heterocycles. The van der Waals surface area contributed by atoms with E-state index in [4.69, 9.17) is 11.6 Å². The van der Waals surface area contributed by atoms with Crippen LogP contribution in [0, 0.1) is 6.92 Å². The average molecular weight is 271 g/mol. The van der Waals surface area contributed by atoms with Gasteiger partial charge in [0.25, 0.3) is 0 Å². The Morgan fingerprint density at radius 2 is 2.06 bits per heavy atom. The summed E-state index contributed by atoms with van der Waals surface area (Å²) in [5.74, 6) is 1.43. The fourth-order valence-electron chi connectivity index (χ4n) is 1.44. The summed E-state index contributed by atoms with van der Waals surface area (Å²) < 4.78 is 0. The summed E-state index contributed by atoms with van der Waals surface area (Å²) in [6, 6.07) is 0. The molecule has 0 unspecified atom stereocenters. The molecule has 0 aliphatic rings. The van der Waals surface area contributed by atoms with Gasteiger partial charge in [-0.2, -0.15) is 0 Å². The maximum Gasteiger partial charge on any atom is 0.221 e. The Labute approximate surface area is 112 Å². The maximum absolute atomic E-state index is 11.3. The van der Waals surface area contributed by atoms with Crippen molar-refractivity contribution in [2.24, 2.45) is 0 Å². The number of carbonyl (C=O) groups is 1. The van der Waals surface area contributed by atoms with Crippen molar-refractivity contribution < 1.29 is 4.79 Å². The van der Waals surface area contributed by atoms with E-state index in [0.29, 0.717) is 36.3 Å². The Morgan fingerprint density at radius 3 is 2.67 bits per heavy atom. The Balaban J connectivity index is 2.61. The second-order valence-corrected chi connectivity index (χ2v) is 4.25. The third kappa shape index (κ3) is 4.14. The number of nitrogens with one attached hydrogen (secondary N) is 2. The standard InChI is InChI=1S/C12H19ClN4O/c1-4-9-16-11(13)8(3)12(17-9)15-7-6-10(18)14-5-2/h4-7H2,1-3H3,(H,14,18)(H,15,16,17). The highest BCUT2D eigenvalue weighted by Gasteiger charge is 2.08. The van der Waals surface area contributed by atoms with Crippen molar-refractivity contribution in [3.63, 3.8) is 0 Å². The maximum atomic E-state index is 11.3. The largest absolute Gasteiger partial charge is 0.369 e. The second-order valence-electron chi connectivity index (χ2n) is 3.89. The number of aromatic nitrogens is 2. The van der Waals surface area contributed by atoms with Gasteiger partial charge in [0.05, 0.1) is 0 Å². The van der Waals surface area contributed by atoms with Crippen LogP contribution in [0.25, 0.3) is 0 Å². The molecule has 0 fully saturated rings. The molecule has 100 valence electrons. The zero-order valence-electron chi connectivity index (χ0n) is 11.0. The molecule has 0 radical (unpaired) electrons. The number of hydrogen-bond donors (Lipinski definition) is 2. The highest BCUT2D eigenvalue weighted by Crippen LogP contribution is 2.19. The fourth-order valence-corrected chi connectivity index (χ4v) is 1.63. The molecule has 5 nitrogen and oxygen atoms in total. The van der Waals surface area contributed by atoms with E-state index in [1.54, 1.807) is 0 Å². The van der Waals surface area contributed by atoms with E-state index in [9.17, 15) is 4.79 Å². The molecule has 0 saturated heterocycles. The normalized spacial score (nSPS) is 10.2. The van der Waals surface area contributed by atoms with Crippen LogP contribution in [-0.2, 0) is 11.2 Å². The van der Waals surface area contributed by atoms with Crippen LogP contribution >= 0.6 is 11.6 Å². The van der Waals surface area contributed by atoms with Crippen molar-refractivity contribution in [2.45, 2.75) is 33.6 Å². The number of carbonyl (C=O) groups excluding carboxylic acids is 1. The number of aryl methyl sites for hydroxylation is 1. The molecule has 0 aliphatic heterocycles. The molecule has 18 heavy (non-hydrogen) atoms. The van der Waals surface area contributed by atoms with Crippen molar-refractivity contribution in [2.75, 3.05) is 18.4 Å². The van der Waals surface area contributed by atoms with Gasteiger partial charge >= 0.3 is 0 Å². The molecule has 1 aromatic heterocycles. The Bertz CT molecular complexity index is 423. The summed E-state index contributed by atoms with van der Waals surface area (Å²) in [4.78, 5) is 19.8. The number of hydrogen-bond acceptors (Lipinski definition) is 4. The quantitative estimate of drug-likeness (QED) is 0.776. The van der Waals surface area contributed by atoms with E-state index in [-0.39, 0.29) is 5.91 Å². The molecule has 0 saturated carbocycles. The Morgan fingerprint density at radius 1 is 1.33 bits per heavy atom. The van der Waals surface area contributed by atoms with E-state index < -0.39 is 0 Å². The first kappa shape index (κ1) is 14.7. The van der Waals surface area contributed by atoms with E-state index in [0.717, 1.165) is 12.0 Å². The summed E-state index contributed by atoms with van der Waals surface area (Å²) in [7, 11) is 0. The van der Waals surface area contributed by atoms with Crippen molar-refractivity contribution in [1.82, 2.24) is 15.3 Å². The topological polar surface area (TPSA) is 66.9 Å². The number of anilines is 1. The third-order valence-electron chi connectivity index (χ3n) is 2.47. The fraction of sp³-hybridized carbons (Fsp3) is 0.583. The number of nitrogens with zero attached hydrogens (tertiary/aromatic N) is 2. The number of amides is 1. The van der Waals surface area contributed by atoms with Crippen LogP contribution in [-0.4, -0.2) is 29.0 Å². The van der Waals surface area contributed by atoms with Gasteiger partial charge in [0.2, 0.25) is 5.91 Å². The van der Waals surface area contributed by atoms with Crippen LogP contribution in [0.4, 0.5) is 5.82 Å². The van der Waals surface area contributed by atoms with E-state index >= 15 is 0 Å². The SMILES string of the molecule is CCNC(=O)CCNc1nc(CC)nc(Cl)c1C. The highest BCUT2D eigenvalue weighted by atomic mass is 35.5. The second kappa shape index (κ2) is 7.16. The van der Waals surface area contributed by atoms with Crippen LogP contribution in [0.3, 0.4) is 0 Å². The van der Waals surface area contributed by atoms with E-state index in [2.05, 4.69) is 20.6 Å². The van der Waals surface area contributed by atoms with Crippen molar-refractivity contribution in [3.05, 3.63) is 16.5 Å². The predicted octanol–water partition coefficient (Wildman–Crippen LogP) is 1.94. The number of rotatable bonds is 6. The molecule has 1 rings (SSSR count). The van der Waals surface area contributed by atoms with Crippen LogP contribution in [0.15, 0.2) is 0 Å². The van der Waals surface area contributed by atoms with Crippen LogP contribution in [0.2, 0.25) is 5.15 Å². The predicted molar refractivity (Wildman–Crippen MR) is 72.9 cm³/mol. The molecule has 0 spiro atoms. The molecule has 2 N–H and O–H groups in total. The minimum atomic E-state index is 0.0264. The summed E-state index contributed by atoms with van der Waals surface area (Å²) in [5, 5.41) is 6.32. The lowest BCUT2D eigenvalue weighted by Crippen LogP contribution is -2.25. The molecule has 0 atom stereocenters. The lowest BCUT2D eigenvalue weighted by molar-refractivity contribution is -0.120. The number of halogens is 1. The van der Waals surface area contributed by atoms with Gasteiger partial charge in [-0.25, -0.2) is 9.97 Å². The molecule has 1 aromatic rings. The first-order valence-electron chi connectivity index (χ1n) is 6.12. The molecular weight excluding hydrogens is 252 g/mol. The zero-order chi connectivity index (χ0) is 13.5. The smallest absolute Gasteiger partial charge is 0.221 e. The molecule has 0 aliphatic carbocycles. The lowest BCUT2D eigenvalue weighted by Gasteiger charge is -2.10. The van der Waals surface area contributed by atoms with Gasteiger partial charge < -0.3 is 10.6 Å². The van der Waals surface area contributed by atoms with Gasteiger partial charge in [0.15, 0.2) is 0 Å². The highest BCUT2D eigenvalue weighted by molar-refractivity contribution is 6.30. The molecule has 0 bridgehead atoms. The minimum absolute atomic E-state index is 0.0264. The van der Waals surface area contributed by atoms with Gasteiger partial charge in [0, 0.05) is 31.5 Å². The van der Waals surface area contributed by atoms with Crippen molar-refractivity contribution in [3.8, 4) is 0 Å². The minimum Gasteiger partial charge on any atom is -0.369 e. The lowest BCUT2D eigenvalue weighted by atomic mass is 10.3. The van der Waals surface area contributed by atoms with Crippen LogP contribution < -0.4 is 10.6 Å². The van der Waals surface area contributed by atoms with Crippen molar-refractivity contribution >= 4 is 23.3 Å². The summed E-state index contributed by atoms with van der Waals surface area (Å²) in [6.45, 7) is 6.91. The molecule has 1 amide bonds. The molecular formula is C12H19ClN4O. The Hall–Kier alpha value is -1.36. The van der Waals surface area contributed by atoms with Gasteiger partial charge in [-0.3, -0.25) is 4.79 Å². The zero-order valence-corrected chi connectivity index (χ0v) is 11.8. The van der Waals surface area contributed by atoms with E-state index in [1.165, 1.54) is 0 Å². The van der Waals surface area contributed by atoms with Crippen LogP contribution in [0.1, 0.15) is 31.7 Å².